The average molecular weight is 255 g/mol. The van der Waals surface area contributed by atoms with Gasteiger partial charge in [-0.05, 0) is 43.7 Å². The van der Waals surface area contributed by atoms with Crippen LogP contribution in [0.4, 0.5) is 0 Å². The molecule has 0 spiro atoms. The summed E-state index contributed by atoms with van der Waals surface area (Å²) < 4.78 is 2.38. The van der Waals surface area contributed by atoms with Crippen molar-refractivity contribution < 1.29 is 0 Å². The Morgan fingerprint density at radius 1 is 1.21 bits per heavy atom. The summed E-state index contributed by atoms with van der Waals surface area (Å²) in [5.74, 6) is 1.14. The zero-order chi connectivity index (χ0) is 13.2. The highest BCUT2D eigenvalue weighted by Gasteiger charge is 2.17. The number of hydrogen-bond donors (Lipinski definition) is 1. The number of hydrogen-bond acceptors (Lipinski definition) is 2. The van der Waals surface area contributed by atoms with Gasteiger partial charge in [0.05, 0.1) is 5.69 Å². The van der Waals surface area contributed by atoms with Gasteiger partial charge in [0.2, 0.25) is 0 Å². The highest BCUT2D eigenvalue weighted by Crippen LogP contribution is 2.23. The molecule has 3 rings (SSSR count). The summed E-state index contributed by atoms with van der Waals surface area (Å²) in [7, 11) is 0. The number of aryl methyl sites for hydroxylation is 2. The van der Waals surface area contributed by atoms with E-state index in [1.165, 1.54) is 41.8 Å². The van der Waals surface area contributed by atoms with Gasteiger partial charge in [-0.25, -0.2) is 4.98 Å². The molecule has 0 bridgehead atoms. The van der Waals surface area contributed by atoms with E-state index in [0.29, 0.717) is 6.54 Å². The summed E-state index contributed by atoms with van der Waals surface area (Å²) in [6.07, 6.45) is 4.89. The third kappa shape index (κ3) is 2.43. The molecule has 1 aromatic carbocycles. The zero-order valence-electron chi connectivity index (χ0n) is 11.5. The molecule has 1 heterocycles. The Labute approximate surface area is 114 Å². The van der Waals surface area contributed by atoms with E-state index >= 15 is 0 Å². The topological polar surface area (TPSA) is 43.8 Å². The molecular formula is C16H21N3. The predicted octanol–water partition coefficient (Wildman–Crippen LogP) is 2.58. The van der Waals surface area contributed by atoms with Crippen LogP contribution in [0.25, 0.3) is 0 Å². The molecule has 0 saturated carbocycles. The summed E-state index contributed by atoms with van der Waals surface area (Å²) in [4.78, 5) is 4.73. The first-order valence-electron chi connectivity index (χ1n) is 7.10. The first-order valence-corrected chi connectivity index (χ1v) is 7.10. The molecule has 3 heteroatoms. The minimum absolute atomic E-state index is 0.606. The fourth-order valence-electron chi connectivity index (χ4n) is 2.98. The van der Waals surface area contributed by atoms with Crippen molar-refractivity contribution in [1.29, 1.82) is 0 Å². The largest absolute Gasteiger partial charge is 0.328 e. The molecule has 19 heavy (non-hydrogen) atoms. The minimum atomic E-state index is 0.606. The smallest absolute Gasteiger partial charge is 0.106 e. The zero-order valence-corrected chi connectivity index (χ0v) is 11.5. The van der Waals surface area contributed by atoms with Crippen LogP contribution in [0.3, 0.4) is 0 Å². The Balaban J connectivity index is 1.92. The van der Waals surface area contributed by atoms with Gasteiger partial charge in [0.25, 0.3) is 0 Å². The lowest BCUT2D eigenvalue weighted by Gasteiger charge is -2.15. The van der Waals surface area contributed by atoms with Crippen LogP contribution in [-0.4, -0.2) is 9.55 Å². The van der Waals surface area contributed by atoms with Gasteiger partial charge in [-0.3, -0.25) is 0 Å². The molecule has 2 N–H and O–H groups in total. The second-order valence-electron chi connectivity index (χ2n) is 5.37. The SMILES string of the molecule is Cc1nc2c(n1Cc1cccc(CN)c1)CCCC2. The summed E-state index contributed by atoms with van der Waals surface area (Å²) >= 11 is 0. The summed E-state index contributed by atoms with van der Waals surface area (Å²) in [6.45, 7) is 3.64. The fraction of sp³-hybridized carbons (Fsp3) is 0.438. The molecule has 2 aromatic rings. The van der Waals surface area contributed by atoms with E-state index < -0.39 is 0 Å². The van der Waals surface area contributed by atoms with Crippen molar-refractivity contribution in [2.45, 2.75) is 45.7 Å². The van der Waals surface area contributed by atoms with E-state index in [2.05, 4.69) is 35.8 Å². The van der Waals surface area contributed by atoms with Gasteiger partial charge in [-0.15, -0.1) is 0 Å². The number of nitrogens with zero attached hydrogens (tertiary/aromatic N) is 2. The van der Waals surface area contributed by atoms with E-state index in [9.17, 15) is 0 Å². The Hall–Kier alpha value is -1.61. The maximum atomic E-state index is 5.71. The van der Waals surface area contributed by atoms with Crippen molar-refractivity contribution >= 4 is 0 Å². The Bertz CT molecular complexity index is 584. The van der Waals surface area contributed by atoms with Crippen LogP contribution in [0.2, 0.25) is 0 Å². The van der Waals surface area contributed by atoms with Crippen LogP contribution in [0.1, 0.15) is 41.2 Å². The lowest BCUT2D eigenvalue weighted by Crippen LogP contribution is -2.10. The van der Waals surface area contributed by atoms with E-state index in [4.69, 9.17) is 10.7 Å². The number of fused-ring (bicyclic) bond motifs is 1. The van der Waals surface area contributed by atoms with Gasteiger partial charge in [0.15, 0.2) is 0 Å². The highest BCUT2D eigenvalue weighted by molar-refractivity contribution is 5.26. The van der Waals surface area contributed by atoms with Crippen LogP contribution >= 0.6 is 0 Å². The van der Waals surface area contributed by atoms with Crippen molar-refractivity contribution in [1.82, 2.24) is 9.55 Å². The monoisotopic (exact) mass is 255 g/mol. The molecule has 1 aliphatic rings. The molecule has 100 valence electrons. The lowest BCUT2D eigenvalue weighted by atomic mass is 10.0. The van der Waals surface area contributed by atoms with E-state index in [1.54, 1.807) is 0 Å². The Morgan fingerprint density at radius 3 is 2.84 bits per heavy atom. The Kier molecular flexibility index (Phi) is 3.38. The quantitative estimate of drug-likeness (QED) is 0.916. The standard InChI is InChI=1S/C16H21N3/c1-12-18-15-7-2-3-8-16(15)19(12)11-14-6-4-5-13(9-14)10-17/h4-6,9H,2-3,7-8,10-11,17H2,1H3. The van der Waals surface area contributed by atoms with Crippen molar-refractivity contribution in [3.63, 3.8) is 0 Å². The van der Waals surface area contributed by atoms with Gasteiger partial charge in [-0.1, -0.05) is 24.3 Å². The van der Waals surface area contributed by atoms with Crippen molar-refractivity contribution in [2.24, 2.45) is 5.73 Å². The van der Waals surface area contributed by atoms with Crippen LogP contribution in [-0.2, 0) is 25.9 Å². The minimum Gasteiger partial charge on any atom is -0.328 e. The maximum absolute atomic E-state index is 5.71. The van der Waals surface area contributed by atoms with Crippen molar-refractivity contribution in [2.75, 3.05) is 0 Å². The third-order valence-electron chi connectivity index (χ3n) is 3.99. The Morgan fingerprint density at radius 2 is 2.00 bits per heavy atom. The van der Waals surface area contributed by atoms with Gasteiger partial charge in [0.1, 0.15) is 5.82 Å². The lowest BCUT2D eigenvalue weighted by molar-refractivity contribution is 0.624. The van der Waals surface area contributed by atoms with Crippen molar-refractivity contribution in [3.8, 4) is 0 Å². The summed E-state index contributed by atoms with van der Waals surface area (Å²) in [6, 6.07) is 8.55. The molecule has 3 nitrogen and oxygen atoms in total. The third-order valence-corrected chi connectivity index (χ3v) is 3.99. The predicted molar refractivity (Wildman–Crippen MR) is 77.0 cm³/mol. The summed E-state index contributed by atoms with van der Waals surface area (Å²) in [5, 5.41) is 0. The van der Waals surface area contributed by atoms with Crippen LogP contribution < -0.4 is 5.73 Å². The molecule has 0 radical (unpaired) electrons. The maximum Gasteiger partial charge on any atom is 0.106 e. The highest BCUT2D eigenvalue weighted by atomic mass is 15.1. The molecule has 0 saturated heterocycles. The van der Waals surface area contributed by atoms with E-state index in [1.807, 2.05) is 0 Å². The van der Waals surface area contributed by atoms with Gasteiger partial charge < -0.3 is 10.3 Å². The number of rotatable bonds is 3. The molecule has 0 unspecified atom stereocenters. The van der Waals surface area contributed by atoms with Gasteiger partial charge in [-0.2, -0.15) is 0 Å². The number of benzene rings is 1. The normalized spacial score (nSPS) is 14.4. The van der Waals surface area contributed by atoms with Crippen LogP contribution in [0.5, 0.6) is 0 Å². The van der Waals surface area contributed by atoms with Gasteiger partial charge in [0, 0.05) is 18.8 Å². The number of aromatic nitrogens is 2. The molecule has 0 fully saturated rings. The second-order valence-corrected chi connectivity index (χ2v) is 5.37. The van der Waals surface area contributed by atoms with Crippen molar-refractivity contribution in [3.05, 3.63) is 52.6 Å². The fourth-order valence-corrected chi connectivity index (χ4v) is 2.98. The van der Waals surface area contributed by atoms with Crippen LogP contribution in [0, 0.1) is 6.92 Å². The van der Waals surface area contributed by atoms with E-state index in [-0.39, 0.29) is 0 Å². The first kappa shape index (κ1) is 12.4. The second kappa shape index (κ2) is 5.17. The van der Waals surface area contributed by atoms with Crippen LogP contribution in [0.15, 0.2) is 24.3 Å². The average Bonchev–Trinajstić information content (AvgIpc) is 2.76. The summed E-state index contributed by atoms with van der Waals surface area (Å²) in [5.41, 5.74) is 11.0. The molecular weight excluding hydrogens is 234 g/mol. The molecule has 0 amide bonds. The molecule has 0 aliphatic heterocycles. The van der Waals surface area contributed by atoms with Gasteiger partial charge >= 0.3 is 0 Å². The molecule has 1 aromatic heterocycles. The number of nitrogens with two attached hydrogens (primary N) is 1. The first-order chi connectivity index (χ1) is 9.28. The van der Waals surface area contributed by atoms with E-state index in [0.717, 1.165) is 18.8 Å². The molecule has 0 atom stereocenters. The number of imidazole rings is 1. The molecule has 1 aliphatic carbocycles.